The molecule has 1 aromatic carbocycles. The standard InChI is InChI=1S/C16H19N3O2/c1-12-15(18(2)11-17-12)16(20)19-9-8-14(10-19)21-13-6-4-3-5-7-13/h3-7,11,14H,8-10H2,1-2H3/t14-/m1/s1. The van der Waals surface area contributed by atoms with Crippen LogP contribution in [0.2, 0.25) is 0 Å². The minimum absolute atomic E-state index is 0.0339. The van der Waals surface area contributed by atoms with E-state index in [1.54, 1.807) is 10.9 Å². The van der Waals surface area contributed by atoms with Crippen LogP contribution in [0.15, 0.2) is 36.7 Å². The van der Waals surface area contributed by atoms with Gasteiger partial charge in [0.05, 0.1) is 18.6 Å². The fraction of sp³-hybridized carbons (Fsp3) is 0.375. The third-order valence-electron chi connectivity index (χ3n) is 3.80. The van der Waals surface area contributed by atoms with Crippen molar-refractivity contribution < 1.29 is 9.53 Å². The molecule has 2 aromatic rings. The zero-order valence-corrected chi connectivity index (χ0v) is 12.3. The van der Waals surface area contributed by atoms with Crippen LogP contribution in [0.1, 0.15) is 22.6 Å². The fourth-order valence-electron chi connectivity index (χ4n) is 2.70. The van der Waals surface area contributed by atoms with Crippen LogP contribution in [0.25, 0.3) is 0 Å². The summed E-state index contributed by atoms with van der Waals surface area (Å²) in [6.45, 7) is 3.21. The van der Waals surface area contributed by atoms with Gasteiger partial charge in [-0.25, -0.2) is 4.98 Å². The predicted molar refractivity (Wildman–Crippen MR) is 79.3 cm³/mol. The lowest BCUT2D eigenvalue weighted by Crippen LogP contribution is -2.32. The molecule has 1 aliphatic heterocycles. The van der Waals surface area contributed by atoms with Crippen LogP contribution < -0.4 is 4.74 Å². The van der Waals surface area contributed by atoms with Crippen LogP contribution in [0, 0.1) is 6.92 Å². The molecule has 0 saturated carbocycles. The molecule has 0 aliphatic carbocycles. The summed E-state index contributed by atoms with van der Waals surface area (Å²) in [5.74, 6) is 0.889. The lowest BCUT2D eigenvalue weighted by Gasteiger charge is -2.17. The van der Waals surface area contributed by atoms with Gasteiger partial charge >= 0.3 is 0 Å². The van der Waals surface area contributed by atoms with Crippen LogP contribution in [0.4, 0.5) is 0 Å². The van der Waals surface area contributed by atoms with E-state index in [0.717, 1.165) is 24.4 Å². The van der Waals surface area contributed by atoms with Gasteiger partial charge in [-0.1, -0.05) is 18.2 Å². The Hall–Kier alpha value is -2.30. The molecule has 1 amide bonds. The summed E-state index contributed by atoms with van der Waals surface area (Å²) in [5, 5.41) is 0. The Kier molecular flexibility index (Phi) is 3.64. The number of rotatable bonds is 3. The van der Waals surface area contributed by atoms with Gasteiger partial charge in [0.2, 0.25) is 0 Å². The number of hydrogen-bond acceptors (Lipinski definition) is 3. The van der Waals surface area contributed by atoms with Crippen molar-refractivity contribution >= 4 is 5.91 Å². The Bertz CT molecular complexity index is 617. The van der Waals surface area contributed by atoms with Crippen molar-refractivity contribution in [3.8, 4) is 5.75 Å². The third kappa shape index (κ3) is 2.77. The second-order valence-electron chi connectivity index (χ2n) is 5.38. The number of aryl methyl sites for hydroxylation is 2. The van der Waals surface area contributed by atoms with Crippen LogP contribution >= 0.6 is 0 Å². The van der Waals surface area contributed by atoms with Crippen molar-refractivity contribution in [2.45, 2.75) is 19.4 Å². The smallest absolute Gasteiger partial charge is 0.272 e. The molecular formula is C16H19N3O2. The summed E-state index contributed by atoms with van der Waals surface area (Å²) in [4.78, 5) is 18.6. The minimum atomic E-state index is 0.0339. The molecule has 1 aromatic heterocycles. The largest absolute Gasteiger partial charge is 0.489 e. The summed E-state index contributed by atoms with van der Waals surface area (Å²) in [6, 6.07) is 9.74. The first kappa shape index (κ1) is 13.7. The minimum Gasteiger partial charge on any atom is -0.489 e. The lowest BCUT2D eigenvalue weighted by atomic mass is 10.3. The number of carbonyl (C=O) groups excluding carboxylic acids is 1. The van der Waals surface area contributed by atoms with Gasteiger partial charge in [-0.15, -0.1) is 0 Å². The number of imidazole rings is 1. The third-order valence-corrected chi connectivity index (χ3v) is 3.80. The maximum absolute atomic E-state index is 12.6. The predicted octanol–water partition coefficient (Wildman–Crippen LogP) is 2.02. The second-order valence-corrected chi connectivity index (χ2v) is 5.38. The van der Waals surface area contributed by atoms with Gasteiger partial charge < -0.3 is 14.2 Å². The van der Waals surface area contributed by atoms with E-state index in [1.807, 2.05) is 49.2 Å². The Morgan fingerprint density at radius 1 is 1.33 bits per heavy atom. The molecule has 0 bridgehead atoms. The topological polar surface area (TPSA) is 47.4 Å². The van der Waals surface area contributed by atoms with E-state index in [2.05, 4.69) is 4.98 Å². The number of carbonyl (C=O) groups is 1. The van der Waals surface area contributed by atoms with Crippen molar-refractivity contribution in [1.29, 1.82) is 0 Å². The highest BCUT2D eigenvalue weighted by atomic mass is 16.5. The first-order chi connectivity index (χ1) is 10.1. The lowest BCUT2D eigenvalue weighted by molar-refractivity contribution is 0.0762. The number of nitrogens with zero attached hydrogens (tertiary/aromatic N) is 3. The first-order valence-corrected chi connectivity index (χ1v) is 7.14. The zero-order chi connectivity index (χ0) is 14.8. The molecule has 3 rings (SSSR count). The molecule has 2 heterocycles. The highest BCUT2D eigenvalue weighted by Gasteiger charge is 2.30. The van der Waals surface area contributed by atoms with Crippen LogP contribution in [0.3, 0.4) is 0 Å². The van der Waals surface area contributed by atoms with Crippen molar-refractivity contribution in [2.24, 2.45) is 7.05 Å². The number of amides is 1. The Morgan fingerprint density at radius 3 is 2.76 bits per heavy atom. The Morgan fingerprint density at radius 2 is 2.10 bits per heavy atom. The van der Waals surface area contributed by atoms with Gasteiger partial charge in [0.25, 0.3) is 5.91 Å². The summed E-state index contributed by atoms with van der Waals surface area (Å²) in [7, 11) is 1.85. The van der Waals surface area contributed by atoms with E-state index in [9.17, 15) is 4.79 Å². The van der Waals surface area contributed by atoms with E-state index in [1.165, 1.54) is 0 Å². The molecule has 0 spiro atoms. The van der Waals surface area contributed by atoms with Crippen molar-refractivity contribution in [2.75, 3.05) is 13.1 Å². The molecule has 0 radical (unpaired) electrons. The van der Waals surface area contributed by atoms with Gasteiger partial charge in [-0.3, -0.25) is 4.79 Å². The monoisotopic (exact) mass is 285 g/mol. The number of aromatic nitrogens is 2. The molecule has 1 aliphatic rings. The Balaban J connectivity index is 1.66. The molecule has 110 valence electrons. The van der Waals surface area contributed by atoms with E-state index < -0.39 is 0 Å². The molecule has 21 heavy (non-hydrogen) atoms. The number of ether oxygens (including phenoxy) is 1. The van der Waals surface area contributed by atoms with Crippen molar-refractivity contribution in [1.82, 2.24) is 14.5 Å². The summed E-state index contributed by atoms with van der Waals surface area (Å²) in [5.41, 5.74) is 1.44. The molecule has 0 N–H and O–H groups in total. The van der Waals surface area contributed by atoms with Gasteiger partial charge in [-0.05, 0) is 19.1 Å². The van der Waals surface area contributed by atoms with Gasteiger partial charge in [0, 0.05) is 20.0 Å². The van der Waals surface area contributed by atoms with Crippen LogP contribution in [-0.4, -0.2) is 39.6 Å². The molecule has 1 atom stereocenters. The molecule has 5 heteroatoms. The van der Waals surface area contributed by atoms with E-state index in [0.29, 0.717) is 12.2 Å². The molecule has 1 saturated heterocycles. The number of para-hydroxylation sites is 1. The quantitative estimate of drug-likeness (QED) is 0.867. The summed E-state index contributed by atoms with van der Waals surface area (Å²) in [6.07, 6.45) is 2.60. The second kappa shape index (κ2) is 5.60. The first-order valence-electron chi connectivity index (χ1n) is 7.14. The average Bonchev–Trinajstić information content (AvgIpc) is 3.07. The van der Waals surface area contributed by atoms with Gasteiger partial charge in [0.1, 0.15) is 17.5 Å². The van der Waals surface area contributed by atoms with Gasteiger partial charge in [-0.2, -0.15) is 0 Å². The zero-order valence-electron chi connectivity index (χ0n) is 12.3. The van der Waals surface area contributed by atoms with Crippen LogP contribution in [-0.2, 0) is 7.05 Å². The maximum atomic E-state index is 12.6. The molecular weight excluding hydrogens is 266 g/mol. The fourth-order valence-corrected chi connectivity index (χ4v) is 2.70. The van der Waals surface area contributed by atoms with E-state index in [-0.39, 0.29) is 12.0 Å². The summed E-state index contributed by atoms with van der Waals surface area (Å²) >= 11 is 0. The average molecular weight is 285 g/mol. The highest BCUT2D eigenvalue weighted by Crippen LogP contribution is 2.20. The SMILES string of the molecule is Cc1ncn(C)c1C(=O)N1CC[C@@H](Oc2ccccc2)C1. The van der Waals surface area contributed by atoms with Crippen molar-refractivity contribution in [3.63, 3.8) is 0 Å². The van der Waals surface area contributed by atoms with Crippen LogP contribution in [0.5, 0.6) is 5.75 Å². The summed E-state index contributed by atoms with van der Waals surface area (Å²) < 4.78 is 7.70. The number of benzene rings is 1. The van der Waals surface area contributed by atoms with Gasteiger partial charge in [0.15, 0.2) is 0 Å². The molecule has 0 unspecified atom stereocenters. The van der Waals surface area contributed by atoms with E-state index >= 15 is 0 Å². The number of likely N-dealkylation sites (tertiary alicyclic amines) is 1. The maximum Gasteiger partial charge on any atom is 0.272 e. The molecule has 1 fully saturated rings. The number of hydrogen-bond donors (Lipinski definition) is 0. The Labute approximate surface area is 124 Å². The molecule has 5 nitrogen and oxygen atoms in total. The van der Waals surface area contributed by atoms with Crippen molar-refractivity contribution in [3.05, 3.63) is 48.0 Å². The van der Waals surface area contributed by atoms with E-state index in [4.69, 9.17) is 4.74 Å². The highest BCUT2D eigenvalue weighted by molar-refractivity contribution is 5.93. The normalized spacial score (nSPS) is 18.0.